The molecule has 9 rings (SSSR count). The third-order valence-corrected chi connectivity index (χ3v) is 9.53. The first-order valence-electron chi connectivity index (χ1n) is 18.2. The lowest BCUT2D eigenvalue weighted by Crippen LogP contribution is -2.00. The number of ether oxygens (including phenoxy) is 1. The molecular formula is C48H38BrFN4O. The molecule has 6 aromatic carbocycles. The summed E-state index contributed by atoms with van der Waals surface area (Å²) in [6.45, 7) is 2.00. The molecule has 0 radical (unpaired) electrons. The van der Waals surface area contributed by atoms with Crippen molar-refractivity contribution in [3.05, 3.63) is 192 Å². The van der Waals surface area contributed by atoms with Crippen LogP contribution in [0.3, 0.4) is 0 Å². The molecule has 8 aromatic rings. The zero-order valence-corrected chi connectivity index (χ0v) is 31.7. The van der Waals surface area contributed by atoms with Crippen LogP contribution in [-0.2, 0) is 4.74 Å². The van der Waals surface area contributed by atoms with E-state index in [0.29, 0.717) is 17.2 Å². The van der Waals surface area contributed by atoms with Gasteiger partial charge in [-0.3, -0.25) is 0 Å². The minimum atomic E-state index is -0.405. The Kier molecular flexibility index (Phi) is 12.7. The van der Waals surface area contributed by atoms with Crippen LogP contribution in [0.4, 0.5) is 4.39 Å². The molecule has 0 aliphatic carbocycles. The molecule has 5 nitrogen and oxygen atoms in total. The molecule has 270 valence electrons. The molecule has 1 aliphatic rings. The van der Waals surface area contributed by atoms with Crippen molar-refractivity contribution >= 4 is 15.9 Å². The van der Waals surface area contributed by atoms with E-state index in [4.69, 9.17) is 14.7 Å². The summed E-state index contributed by atoms with van der Waals surface area (Å²) in [7, 11) is 0. The van der Waals surface area contributed by atoms with Crippen LogP contribution in [0.2, 0.25) is 0 Å². The maximum absolute atomic E-state index is 15.2. The van der Waals surface area contributed by atoms with Gasteiger partial charge in [-0.05, 0) is 28.8 Å². The maximum Gasteiger partial charge on any atom is 0.175 e. The summed E-state index contributed by atoms with van der Waals surface area (Å²) in [6.07, 6.45) is 2.56. The largest absolute Gasteiger partial charge is 0.381 e. The number of rotatable bonds is 6. The predicted octanol–water partition coefficient (Wildman–Crippen LogP) is 12.7. The summed E-state index contributed by atoms with van der Waals surface area (Å²) in [5.41, 5.74) is 7.87. The van der Waals surface area contributed by atoms with Crippen molar-refractivity contribution in [3.8, 4) is 67.8 Å². The summed E-state index contributed by atoms with van der Waals surface area (Å²) in [5.74, 6) is 0.832. The number of halogens is 2. The Bertz CT molecular complexity index is 2100. The Morgan fingerprint density at radius 3 is 0.891 bits per heavy atom. The number of aromatic nitrogens is 4. The fourth-order valence-corrected chi connectivity index (χ4v) is 6.62. The van der Waals surface area contributed by atoms with Crippen LogP contribution in [0.25, 0.3) is 67.8 Å². The number of nitrogens with zero attached hydrogens (tertiary/aromatic N) is 4. The molecule has 0 amide bonds. The Labute approximate surface area is 329 Å². The van der Waals surface area contributed by atoms with E-state index < -0.39 is 5.82 Å². The molecule has 2 aromatic heterocycles. The molecule has 0 bridgehead atoms. The molecule has 1 fully saturated rings. The highest BCUT2D eigenvalue weighted by Crippen LogP contribution is 2.36. The molecule has 0 N–H and O–H groups in total. The van der Waals surface area contributed by atoms with E-state index in [-0.39, 0.29) is 0 Å². The normalized spacial score (nSPS) is 11.8. The lowest BCUT2D eigenvalue weighted by atomic mass is 10.1. The quantitative estimate of drug-likeness (QED) is 0.168. The van der Waals surface area contributed by atoms with Gasteiger partial charge in [0.25, 0.3) is 0 Å². The van der Waals surface area contributed by atoms with Crippen molar-refractivity contribution in [2.75, 3.05) is 13.2 Å². The van der Waals surface area contributed by atoms with Crippen LogP contribution in [0.1, 0.15) is 12.8 Å². The highest BCUT2D eigenvalue weighted by molar-refractivity contribution is 9.10. The highest BCUT2D eigenvalue weighted by atomic mass is 79.9. The molecule has 7 heteroatoms. The van der Waals surface area contributed by atoms with Crippen LogP contribution in [0.15, 0.2) is 186 Å². The van der Waals surface area contributed by atoms with E-state index in [1.807, 2.05) is 158 Å². The lowest BCUT2D eigenvalue weighted by molar-refractivity contribution is 0.198. The maximum atomic E-state index is 15.2. The van der Waals surface area contributed by atoms with Crippen LogP contribution in [0, 0.1) is 5.82 Å². The van der Waals surface area contributed by atoms with Crippen molar-refractivity contribution in [1.82, 2.24) is 19.9 Å². The van der Waals surface area contributed by atoms with Gasteiger partial charge in [0.05, 0.1) is 15.9 Å². The standard InChI is InChI=1S/C22H15BrN2.C22H15FN2.C4H8O/c2*23-19-20(16-10-4-1-5-11-16)24-22(18-14-8-3-9-15-18)25-21(19)17-12-6-2-7-13-17;1-2-4-5-3-1/h2*1-15H;1-4H2. The van der Waals surface area contributed by atoms with Gasteiger partial charge in [0, 0.05) is 46.6 Å². The van der Waals surface area contributed by atoms with Gasteiger partial charge in [-0.25, -0.2) is 24.3 Å². The Hall–Kier alpha value is -6.15. The molecule has 1 saturated heterocycles. The topological polar surface area (TPSA) is 60.8 Å². The summed E-state index contributed by atoms with van der Waals surface area (Å²) < 4.78 is 21.1. The van der Waals surface area contributed by atoms with Gasteiger partial charge in [0.2, 0.25) is 0 Å². The Morgan fingerprint density at radius 2 is 0.618 bits per heavy atom. The van der Waals surface area contributed by atoms with Gasteiger partial charge >= 0.3 is 0 Å². The summed E-state index contributed by atoms with van der Waals surface area (Å²) in [4.78, 5) is 18.7. The summed E-state index contributed by atoms with van der Waals surface area (Å²) >= 11 is 3.74. The molecule has 0 atom stereocenters. The summed E-state index contributed by atoms with van der Waals surface area (Å²) in [6, 6.07) is 58.8. The number of benzene rings is 6. The van der Waals surface area contributed by atoms with E-state index in [9.17, 15) is 0 Å². The fourth-order valence-electron chi connectivity index (χ4n) is 5.99. The SMILES string of the molecule is Brc1c(-c2ccccc2)nc(-c2ccccc2)nc1-c1ccccc1.C1CCOC1.Fc1c(-c2ccccc2)nc(-c2ccccc2)nc1-c1ccccc1. The van der Waals surface area contributed by atoms with Crippen LogP contribution >= 0.6 is 15.9 Å². The number of hydrogen-bond donors (Lipinski definition) is 0. The van der Waals surface area contributed by atoms with Crippen molar-refractivity contribution in [1.29, 1.82) is 0 Å². The zero-order chi connectivity index (χ0) is 37.7. The van der Waals surface area contributed by atoms with Crippen LogP contribution < -0.4 is 0 Å². The Balaban J connectivity index is 0.000000150. The van der Waals surface area contributed by atoms with E-state index >= 15 is 4.39 Å². The van der Waals surface area contributed by atoms with Crippen molar-refractivity contribution in [3.63, 3.8) is 0 Å². The van der Waals surface area contributed by atoms with E-state index in [0.717, 1.165) is 68.3 Å². The smallest absolute Gasteiger partial charge is 0.175 e. The van der Waals surface area contributed by atoms with Crippen LogP contribution in [-0.4, -0.2) is 33.1 Å². The first-order chi connectivity index (χ1) is 27.2. The second kappa shape index (κ2) is 18.7. The highest BCUT2D eigenvalue weighted by Gasteiger charge is 2.19. The first kappa shape index (κ1) is 37.2. The van der Waals surface area contributed by atoms with Crippen LogP contribution in [0.5, 0.6) is 0 Å². The fraction of sp³-hybridized carbons (Fsp3) is 0.0833. The Morgan fingerprint density at radius 1 is 0.364 bits per heavy atom. The first-order valence-corrected chi connectivity index (χ1v) is 19.0. The van der Waals surface area contributed by atoms with E-state index in [1.165, 1.54) is 12.8 Å². The minimum Gasteiger partial charge on any atom is -0.381 e. The lowest BCUT2D eigenvalue weighted by Gasteiger charge is -2.12. The third-order valence-electron chi connectivity index (χ3n) is 8.78. The number of hydrogen-bond acceptors (Lipinski definition) is 5. The molecular weight excluding hydrogens is 747 g/mol. The van der Waals surface area contributed by atoms with Gasteiger partial charge in [-0.1, -0.05) is 182 Å². The average Bonchev–Trinajstić information content (AvgIpc) is 3.87. The predicted molar refractivity (Wildman–Crippen MR) is 224 cm³/mol. The van der Waals surface area contributed by atoms with Crippen molar-refractivity contribution in [2.24, 2.45) is 0 Å². The van der Waals surface area contributed by atoms with Gasteiger partial charge in [-0.15, -0.1) is 0 Å². The second-order valence-corrected chi connectivity index (χ2v) is 13.4. The van der Waals surface area contributed by atoms with Crippen molar-refractivity contribution < 1.29 is 9.13 Å². The van der Waals surface area contributed by atoms with Gasteiger partial charge in [0.1, 0.15) is 11.4 Å². The second-order valence-electron chi connectivity index (χ2n) is 12.6. The molecule has 55 heavy (non-hydrogen) atoms. The van der Waals surface area contributed by atoms with Gasteiger partial charge < -0.3 is 4.74 Å². The average molecular weight is 786 g/mol. The zero-order valence-electron chi connectivity index (χ0n) is 30.1. The molecule has 0 unspecified atom stereocenters. The van der Waals surface area contributed by atoms with Gasteiger partial charge in [0.15, 0.2) is 17.5 Å². The molecule has 3 heterocycles. The van der Waals surface area contributed by atoms with Crippen molar-refractivity contribution in [2.45, 2.75) is 12.8 Å². The molecule has 1 aliphatic heterocycles. The summed E-state index contributed by atoms with van der Waals surface area (Å²) in [5, 5.41) is 0. The minimum absolute atomic E-state index is 0.313. The molecule has 0 saturated carbocycles. The molecule has 0 spiro atoms. The van der Waals surface area contributed by atoms with Gasteiger partial charge in [-0.2, -0.15) is 0 Å². The third kappa shape index (κ3) is 9.51. The van der Waals surface area contributed by atoms with E-state index in [2.05, 4.69) is 50.2 Å². The monoisotopic (exact) mass is 784 g/mol. The van der Waals surface area contributed by atoms with E-state index in [1.54, 1.807) is 0 Å².